The van der Waals surface area contributed by atoms with Gasteiger partial charge in [0.25, 0.3) is 5.24 Å². The fourth-order valence-electron chi connectivity index (χ4n) is 1.00. The summed E-state index contributed by atoms with van der Waals surface area (Å²) in [7, 11) is 0. The van der Waals surface area contributed by atoms with Crippen LogP contribution in [0.4, 0.5) is 4.79 Å². The van der Waals surface area contributed by atoms with Gasteiger partial charge >= 0.3 is 0 Å². The number of amides is 2. The molecule has 1 fully saturated rings. The summed E-state index contributed by atoms with van der Waals surface area (Å²) >= 11 is 1.08. The van der Waals surface area contributed by atoms with Crippen molar-refractivity contribution in [2.24, 2.45) is 0 Å². The van der Waals surface area contributed by atoms with Gasteiger partial charge in [0.2, 0.25) is 5.91 Å². The van der Waals surface area contributed by atoms with E-state index in [0.717, 1.165) is 11.8 Å². The van der Waals surface area contributed by atoms with Crippen molar-refractivity contribution in [3.8, 4) is 0 Å². The molecule has 0 aromatic carbocycles. The molecule has 1 rings (SSSR count). The predicted octanol–water partition coefficient (Wildman–Crippen LogP) is 2.51. The normalized spacial score (nSPS) is 17.2. The zero-order valence-corrected chi connectivity index (χ0v) is 9.70. The first kappa shape index (κ1) is 12.5. The van der Waals surface area contributed by atoms with E-state index in [1.165, 1.54) is 4.90 Å². The van der Waals surface area contributed by atoms with Crippen LogP contribution in [-0.4, -0.2) is 27.3 Å². The average Bonchev–Trinajstić information content (AvgIpc) is 2.33. The van der Waals surface area contributed by atoms with Crippen LogP contribution in [-0.2, 0) is 4.79 Å². The minimum absolute atomic E-state index is 0.0764. The van der Waals surface area contributed by atoms with Gasteiger partial charge < -0.3 is 0 Å². The lowest BCUT2D eigenvalue weighted by Crippen LogP contribution is -2.44. The fraction of sp³-hybridized carbons (Fsp3) is 0.778. The van der Waals surface area contributed by atoms with E-state index in [1.54, 1.807) is 0 Å². The Bertz CT molecular complexity index is 192. The maximum Gasteiger partial charge on any atom is 0.289 e. The van der Waals surface area contributed by atoms with Gasteiger partial charge in [-0.2, -0.15) is 0 Å². The summed E-state index contributed by atoms with van der Waals surface area (Å²) in [6, 6.07) is 0. The van der Waals surface area contributed by atoms with Gasteiger partial charge in [0.05, 0.1) is 5.75 Å². The van der Waals surface area contributed by atoms with Crippen molar-refractivity contribution in [1.29, 1.82) is 0 Å². The first-order valence-corrected chi connectivity index (χ1v) is 5.41. The van der Waals surface area contributed by atoms with Crippen molar-refractivity contribution in [2.75, 3.05) is 5.75 Å². The van der Waals surface area contributed by atoms with Gasteiger partial charge in [0, 0.05) is 5.54 Å². The molecule has 1 saturated heterocycles. The summed E-state index contributed by atoms with van der Waals surface area (Å²) in [6.07, 6.45) is 0. The molecule has 0 bridgehead atoms. The lowest BCUT2D eigenvalue weighted by atomic mass is 10.1. The third-order valence-corrected chi connectivity index (χ3v) is 2.24. The average molecular weight is 203 g/mol. The van der Waals surface area contributed by atoms with Crippen molar-refractivity contribution in [3.63, 3.8) is 0 Å². The quantitative estimate of drug-likeness (QED) is 0.607. The Kier molecular flexibility index (Phi) is 4.47. The van der Waals surface area contributed by atoms with E-state index in [9.17, 15) is 9.59 Å². The second kappa shape index (κ2) is 4.65. The molecular weight excluding hydrogens is 186 g/mol. The van der Waals surface area contributed by atoms with E-state index in [-0.39, 0.29) is 16.7 Å². The van der Waals surface area contributed by atoms with Gasteiger partial charge in [-0.25, -0.2) is 0 Å². The van der Waals surface area contributed by atoms with Crippen LogP contribution in [0.5, 0.6) is 0 Å². The third-order valence-electron chi connectivity index (χ3n) is 1.42. The van der Waals surface area contributed by atoms with E-state index < -0.39 is 0 Å². The van der Waals surface area contributed by atoms with Gasteiger partial charge in [0.1, 0.15) is 0 Å². The monoisotopic (exact) mass is 203 g/mol. The lowest BCUT2D eigenvalue weighted by Gasteiger charge is -2.28. The Morgan fingerprint density at radius 2 is 1.69 bits per heavy atom. The summed E-state index contributed by atoms with van der Waals surface area (Å²) in [6.45, 7) is 9.57. The Hall–Kier alpha value is -0.510. The smallest absolute Gasteiger partial charge is 0.273 e. The van der Waals surface area contributed by atoms with Crippen molar-refractivity contribution in [1.82, 2.24) is 4.90 Å². The third kappa shape index (κ3) is 3.03. The molecule has 1 aliphatic rings. The van der Waals surface area contributed by atoms with Gasteiger partial charge in [-0.15, -0.1) is 0 Å². The molecule has 0 spiro atoms. The van der Waals surface area contributed by atoms with Crippen molar-refractivity contribution < 1.29 is 9.59 Å². The maximum atomic E-state index is 11.1. The highest BCUT2D eigenvalue weighted by Crippen LogP contribution is 2.26. The van der Waals surface area contributed by atoms with Crippen LogP contribution < -0.4 is 0 Å². The Morgan fingerprint density at radius 3 is 1.85 bits per heavy atom. The van der Waals surface area contributed by atoms with Crippen LogP contribution in [0.2, 0.25) is 0 Å². The Balaban J connectivity index is 0.000000671. The van der Waals surface area contributed by atoms with Gasteiger partial charge in [0.15, 0.2) is 0 Å². The van der Waals surface area contributed by atoms with E-state index in [2.05, 4.69) is 0 Å². The van der Waals surface area contributed by atoms with Gasteiger partial charge in [-0.3, -0.25) is 14.5 Å². The summed E-state index contributed by atoms with van der Waals surface area (Å²) in [5.74, 6) is 0.225. The molecular formula is C9H17NO2S. The van der Waals surface area contributed by atoms with Crippen LogP contribution in [0, 0.1) is 0 Å². The molecule has 4 heteroatoms. The maximum absolute atomic E-state index is 11.1. The van der Waals surface area contributed by atoms with Crippen molar-refractivity contribution >= 4 is 22.9 Å². The molecule has 0 aliphatic carbocycles. The molecule has 0 unspecified atom stereocenters. The molecule has 76 valence electrons. The molecule has 0 aromatic heterocycles. The Labute approximate surface area is 83.9 Å². The summed E-state index contributed by atoms with van der Waals surface area (Å²) in [4.78, 5) is 23.5. The number of hydrogen-bond donors (Lipinski definition) is 0. The second-order valence-electron chi connectivity index (χ2n) is 3.45. The first-order valence-electron chi connectivity index (χ1n) is 4.43. The zero-order valence-electron chi connectivity index (χ0n) is 8.88. The zero-order chi connectivity index (χ0) is 10.6. The van der Waals surface area contributed by atoms with Crippen LogP contribution in [0.1, 0.15) is 34.6 Å². The molecule has 3 nitrogen and oxygen atoms in total. The number of rotatable bonds is 0. The topological polar surface area (TPSA) is 37.4 Å². The largest absolute Gasteiger partial charge is 0.289 e. The second-order valence-corrected chi connectivity index (χ2v) is 4.38. The molecule has 2 amide bonds. The van der Waals surface area contributed by atoms with Crippen LogP contribution >= 0.6 is 11.8 Å². The molecule has 0 atom stereocenters. The van der Waals surface area contributed by atoms with Crippen molar-refractivity contribution in [3.05, 3.63) is 0 Å². The van der Waals surface area contributed by atoms with E-state index in [1.807, 2.05) is 34.6 Å². The van der Waals surface area contributed by atoms with Crippen LogP contribution in [0.25, 0.3) is 0 Å². The standard InChI is InChI=1S/C7H11NO2S.C2H6/c1-7(2,3)8-5(9)4-11-6(8)10;1-2/h4H2,1-3H3;1-2H3. The number of nitrogens with zero attached hydrogens (tertiary/aromatic N) is 1. The summed E-state index contributed by atoms with van der Waals surface area (Å²) in [5.41, 5.74) is -0.363. The number of carbonyl (C=O) groups excluding carboxylic acids is 2. The molecule has 13 heavy (non-hydrogen) atoms. The lowest BCUT2D eigenvalue weighted by molar-refractivity contribution is -0.127. The molecule has 0 radical (unpaired) electrons. The highest BCUT2D eigenvalue weighted by atomic mass is 32.2. The van der Waals surface area contributed by atoms with E-state index >= 15 is 0 Å². The number of carbonyl (C=O) groups is 2. The SMILES string of the molecule is CC.CC(C)(C)N1C(=O)CSC1=O. The summed E-state index contributed by atoms with van der Waals surface area (Å²) < 4.78 is 0. The fourth-order valence-corrected chi connectivity index (χ4v) is 1.88. The Morgan fingerprint density at radius 1 is 1.23 bits per heavy atom. The minimum atomic E-state index is -0.363. The first-order chi connectivity index (χ1) is 5.93. The number of imide groups is 1. The predicted molar refractivity (Wildman–Crippen MR) is 55.8 cm³/mol. The van der Waals surface area contributed by atoms with Gasteiger partial charge in [-0.05, 0) is 20.8 Å². The van der Waals surface area contributed by atoms with Gasteiger partial charge in [-0.1, -0.05) is 25.6 Å². The highest BCUT2D eigenvalue weighted by Gasteiger charge is 2.37. The highest BCUT2D eigenvalue weighted by molar-refractivity contribution is 8.14. The molecule has 1 heterocycles. The molecule has 0 N–H and O–H groups in total. The van der Waals surface area contributed by atoms with Crippen LogP contribution in [0.15, 0.2) is 0 Å². The molecule has 0 saturated carbocycles. The number of hydrogen-bond acceptors (Lipinski definition) is 3. The molecule has 1 aliphatic heterocycles. The summed E-state index contributed by atoms with van der Waals surface area (Å²) in [5, 5.41) is -0.123. The number of thioether (sulfide) groups is 1. The van der Waals surface area contributed by atoms with E-state index in [4.69, 9.17) is 0 Å². The van der Waals surface area contributed by atoms with E-state index in [0.29, 0.717) is 5.75 Å². The minimum Gasteiger partial charge on any atom is -0.273 e. The molecule has 0 aromatic rings. The van der Waals surface area contributed by atoms with Crippen molar-refractivity contribution in [2.45, 2.75) is 40.2 Å². The van der Waals surface area contributed by atoms with Crippen LogP contribution in [0.3, 0.4) is 0 Å².